The van der Waals surface area contributed by atoms with Gasteiger partial charge in [0.1, 0.15) is 48.3 Å². The molecule has 5 heterocycles. The van der Waals surface area contributed by atoms with Crippen molar-refractivity contribution < 1.29 is 43.5 Å². The fourth-order valence-corrected chi connectivity index (χ4v) is 10.2. The molecule has 68 heavy (non-hydrogen) atoms. The van der Waals surface area contributed by atoms with Crippen LogP contribution in [0.5, 0.6) is 0 Å². The Labute approximate surface area is 397 Å². The van der Waals surface area contributed by atoms with Crippen LogP contribution in [0, 0.1) is 11.8 Å². The maximum atomic E-state index is 15.0. The van der Waals surface area contributed by atoms with E-state index in [4.69, 9.17) is 0 Å². The molecule has 8 amide bonds. The Morgan fingerprint density at radius 3 is 1.57 bits per heavy atom. The molecule has 0 spiro atoms. The van der Waals surface area contributed by atoms with Crippen molar-refractivity contribution in [2.75, 3.05) is 19.6 Å². The molecular formula is C50H67N9O9. The van der Waals surface area contributed by atoms with Crippen LogP contribution in [0.1, 0.15) is 90.7 Å². The molecule has 0 aliphatic carbocycles. The van der Waals surface area contributed by atoms with E-state index in [1.54, 1.807) is 20.0 Å². The first-order valence-electron chi connectivity index (χ1n) is 24.2. The second-order valence-corrected chi connectivity index (χ2v) is 19.6. The van der Waals surface area contributed by atoms with Gasteiger partial charge in [-0.3, -0.25) is 38.4 Å². The predicted octanol–water partition coefficient (Wildman–Crippen LogP) is 1.45. The summed E-state index contributed by atoms with van der Waals surface area (Å²) in [6, 6.07) is 7.52. The number of aromatic nitrogens is 1. The summed E-state index contributed by atoms with van der Waals surface area (Å²) < 4.78 is 0. The van der Waals surface area contributed by atoms with Gasteiger partial charge in [-0.1, -0.05) is 76.2 Å². The van der Waals surface area contributed by atoms with Crippen molar-refractivity contribution in [2.24, 2.45) is 11.8 Å². The molecule has 18 heteroatoms. The van der Waals surface area contributed by atoms with Gasteiger partial charge >= 0.3 is 0 Å². The van der Waals surface area contributed by atoms with Crippen LogP contribution in [-0.4, -0.2) is 146 Å². The number of aromatic amines is 1. The SMILES string of the molecule is CC(C)CC1NC(=O)C(C(C)O)NC(=O)C2CCCN2C(=O)C(Cc2ccccc2)NC(=O)C2CCCN2C(=O)C(Cc2c[nH]c3ccccc23)NC(=O)C2CCCN2C(=O)C(C(C)C)NC1=O. The van der Waals surface area contributed by atoms with E-state index < -0.39 is 108 Å². The smallest absolute Gasteiger partial charge is 0.246 e. The number of aliphatic hydroxyl groups is 1. The van der Waals surface area contributed by atoms with Gasteiger partial charge in [-0.25, -0.2) is 0 Å². The molecule has 0 bridgehead atoms. The van der Waals surface area contributed by atoms with Crippen molar-refractivity contribution in [3.05, 3.63) is 71.9 Å². The van der Waals surface area contributed by atoms with Gasteiger partial charge in [-0.2, -0.15) is 0 Å². The Kier molecular flexibility index (Phi) is 15.9. The molecule has 9 unspecified atom stereocenters. The maximum absolute atomic E-state index is 15.0. The molecule has 9 atom stereocenters. The van der Waals surface area contributed by atoms with E-state index in [9.17, 15) is 43.5 Å². The van der Waals surface area contributed by atoms with E-state index in [-0.39, 0.29) is 51.2 Å². The highest BCUT2D eigenvalue weighted by Crippen LogP contribution is 2.27. The molecule has 366 valence electrons. The van der Waals surface area contributed by atoms with Crippen molar-refractivity contribution >= 4 is 58.2 Å². The van der Waals surface area contributed by atoms with Crippen LogP contribution in [0.25, 0.3) is 10.9 Å². The third kappa shape index (κ3) is 11.2. The number of rotatable bonds is 8. The standard InChI is InChI=1S/C50H67N9O9/c1-28(2)24-35-43(61)55-41(29(3)4)50(68)59-23-13-19-39(59)45(63)54-37(26-32-27-51-34-17-10-9-16-33(32)34)49(67)57-21-11-18-38(57)44(62)53-36(25-31-14-7-6-8-15-31)48(66)58-22-12-20-40(58)46(64)56-42(30(5)60)47(65)52-35/h6-10,14-17,27-30,35-42,51,60H,11-13,18-26H2,1-5H3,(H,52,65)(H,53,62)(H,54,63)(H,55,61)(H,56,64). The van der Waals surface area contributed by atoms with E-state index in [1.807, 2.05) is 68.4 Å². The minimum atomic E-state index is -1.52. The fourth-order valence-electron chi connectivity index (χ4n) is 10.2. The van der Waals surface area contributed by atoms with Crippen LogP contribution in [-0.2, 0) is 51.2 Å². The molecule has 2 aromatic carbocycles. The van der Waals surface area contributed by atoms with Crippen LogP contribution in [0.4, 0.5) is 0 Å². The number of benzene rings is 2. The number of nitrogens with one attached hydrogen (secondary N) is 6. The molecular weight excluding hydrogens is 871 g/mol. The quantitative estimate of drug-likeness (QED) is 0.173. The first-order valence-corrected chi connectivity index (χ1v) is 24.2. The van der Waals surface area contributed by atoms with Crippen LogP contribution in [0.3, 0.4) is 0 Å². The van der Waals surface area contributed by atoms with Gasteiger partial charge < -0.3 is 51.4 Å². The maximum Gasteiger partial charge on any atom is 0.246 e. The van der Waals surface area contributed by atoms with E-state index in [2.05, 4.69) is 31.6 Å². The summed E-state index contributed by atoms with van der Waals surface area (Å²) in [7, 11) is 0. The summed E-state index contributed by atoms with van der Waals surface area (Å²) >= 11 is 0. The van der Waals surface area contributed by atoms with Crippen LogP contribution >= 0.6 is 0 Å². The third-order valence-electron chi connectivity index (χ3n) is 13.8. The monoisotopic (exact) mass is 938 g/mol. The number of fused-ring (bicyclic) bond motifs is 4. The number of aliphatic hydroxyl groups excluding tert-OH is 1. The molecule has 18 nitrogen and oxygen atoms in total. The van der Waals surface area contributed by atoms with Crippen molar-refractivity contribution in [3.8, 4) is 0 Å². The van der Waals surface area contributed by atoms with Crippen molar-refractivity contribution in [1.82, 2.24) is 46.3 Å². The second-order valence-electron chi connectivity index (χ2n) is 19.6. The zero-order valence-corrected chi connectivity index (χ0v) is 39.7. The molecule has 0 radical (unpaired) electrons. The number of hydrogen-bond acceptors (Lipinski definition) is 9. The van der Waals surface area contributed by atoms with E-state index in [0.29, 0.717) is 32.1 Å². The van der Waals surface area contributed by atoms with Crippen LogP contribution in [0.15, 0.2) is 60.8 Å². The Morgan fingerprint density at radius 2 is 1.03 bits per heavy atom. The van der Waals surface area contributed by atoms with Crippen molar-refractivity contribution in [2.45, 2.75) is 147 Å². The van der Waals surface area contributed by atoms with Crippen molar-refractivity contribution in [1.29, 1.82) is 0 Å². The zero-order chi connectivity index (χ0) is 48.8. The molecule has 4 saturated heterocycles. The predicted molar refractivity (Wildman–Crippen MR) is 252 cm³/mol. The minimum Gasteiger partial charge on any atom is -0.391 e. The van der Waals surface area contributed by atoms with Gasteiger partial charge in [0.2, 0.25) is 47.3 Å². The summed E-state index contributed by atoms with van der Waals surface area (Å²) in [5, 5.41) is 25.9. The summed E-state index contributed by atoms with van der Waals surface area (Å²) in [4.78, 5) is 123. The van der Waals surface area contributed by atoms with E-state index in [0.717, 1.165) is 22.0 Å². The first kappa shape index (κ1) is 49.6. The number of para-hydroxylation sites is 1. The number of carbonyl (C=O) groups excluding carboxylic acids is 8. The third-order valence-corrected chi connectivity index (χ3v) is 13.8. The highest BCUT2D eigenvalue weighted by Gasteiger charge is 2.45. The van der Waals surface area contributed by atoms with Crippen LogP contribution in [0.2, 0.25) is 0 Å². The fraction of sp³-hybridized carbons (Fsp3) is 0.560. The van der Waals surface area contributed by atoms with Crippen LogP contribution < -0.4 is 26.6 Å². The average Bonchev–Trinajstić information content (AvgIpc) is 4.16. The van der Waals surface area contributed by atoms with E-state index >= 15 is 0 Å². The first-order chi connectivity index (χ1) is 32.5. The highest BCUT2D eigenvalue weighted by molar-refractivity contribution is 6.00. The lowest BCUT2D eigenvalue weighted by atomic mass is 9.98. The minimum absolute atomic E-state index is 0.0666. The van der Waals surface area contributed by atoms with Gasteiger partial charge in [-0.15, -0.1) is 0 Å². The Bertz CT molecular complexity index is 2350. The van der Waals surface area contributed by atoms with Gasteiger partial charge in [-0.05, 0) is 80.9 Å². The number of H-pyrrole nitrogens is 1. The lowest BCUT2D eigenvalue weighted by Crippen LogP contribution is -2.62. The molecule has 1 aromatic heterocycles. The summed E-state index contributed by atoms with van der Waals surface area (Å²) in [5.74, 6) is -5.39. The van der Waals surface area contributed by atoms with Crippen molar-refractivity contribution in [3.63, 3.8) is 0 Å². The summed E-state index contributed by atoms with van der Waals surface area (Å²) in [6.45, 7) is 9.18. The molecule has 7 rings (SSSR count). The zero-order valence-electron chi connectivity index (χ0n) is 39.7. The van der Waals surface area contributed by atoms with Gasteiger partial charge in [0.15, 0.2) is 0 Å². The lowest BCUT2D eigenvalue weighted by molar-refractivity contribution is -0.146. The summed E-state index contributed by atoms with van der Waals surface area (Å²) in [6.07, 6.45) is 2.90. The van der Waals surface area contributed by atoms with E-state index in [1.165, 1.54) is 21.6 Å². The normalized spacial score (nSPS) is 27.9. The second kappa shape index (κ2) is 21.8. The van der Waals surface area contributed by atoms with Gasteiger partial charge in [0, 0.05) is 49.6 Å². The Balaban J connectivity index is 1.27. The number of amides is 8. The largest absolute Gasteiger partial charge is 0.391 e. The van der Waals surface area contributed by atoms with Gasteiger partial charge in [0.05, 0.1) is 6.10 Å². The molecule has 4 aliphatic rings. The molecule has 4 fully saturated rings. The lowest BCUT2D eigenvalue weighted by Gasteiger charge is -2.34. The Morgan fingerprint density at radius 1 is 0.544 bits per heavy atom. The molecule has 3 aromatic rings. The van der Waals surface area contributed by atoms with Gasteiger partial charge in [0.25, 0.3) is 0 Å². The Hall–Kier alpha value is -6.30. The molecule has 0 saturated carbocycles. The topological polar surface area (TPSA) is 242 Å². The number of hydrogen-bond donors (Lipinski definition) is 7. The average molecular weight is 938 g/mol. The number of carbonyl (C=O) groups is 8. The summed E-state index contributed by atoms with van der Waals surface area (Å²) in [5.41, 5.74) is 2.34. The molecule has 7 N–H and O–H groups in total. The number of nitrogens with zero attached hydrogens (tertiary/aromatic N) is 3. The highest BCUT2D eigenvalue weighted by atomic mass is 16.3. The molecule has 4 aliphatic heterocycles.